The number of sulfonamides is 1. The molecule has 0 aromatic heterocycles. The van der Waals surface area contributed by atoms with E-state index in [1.54, 1.807) is 0 Å². The van der Waals surface area contributed by atoms with Crippen molar-refractivity contribution in [3.63, 3.8) is 0 Å². The van der Waals surface area contributed by atoms with Crippen molar-refractivity contribution < 1.29 is 22.3 Å². The van der Waals surface area contributed by atoms with E-state index in [9.17, 15) is 17.2 Å². The van der Waals surface area contributed by atoms with Gasteiger partial charge < -0.3 is 5.11 Å². The Morgan fingerprint density at radius 3 is 2.33 bits per heavy atom. The first kappa shape index (κ1) is 15.9. The molecule has 0 aliphatic heterocycles. The van der Waals surface area contributed by atoms with Crippen molar-refractivity contribution in [3.8, 4) is 0 Å². The molecule has 0 atom stereocenters. The lowest BCUT2D eigenvalue weighted by Crippen LogP contribution is -2.15. The Hall–Kier alpha value is -1.51. The molecule has 2 N–H and O–H groups in total. The maximum atomic E-state index is 14.1. The van der Waals surface area contributed by atoms with Crippen molar-refractivity contribution in [2.75, 3.05) is 4.72 Å². The van der Waals surface area contributed by atoms with Gasteiger partial charge in [0.2, 0.25) is 0 Å². The van der Waals surface area contributed by atoms with E-state index >= 15 is 0 Å². The van der Waals surface area contributed by atoms with E-state index in [1.807, 2.05) is 0 Å². The fourth-order valence-corrected chi connectivity index (χ4v) is 3.52. The van der Waals surface area contributed by atoms with Gasteiger partial charge in [-0.3, -0.25) is 4.72 Å². The Morgan fingerprint density at radius 2 is 1.76 bits per heavy atom. The van der Waals surface area contributed by atoms with Crippen LogP contribution in [0.2, 0.25) is 0 Å². The molecule has 4 nitrogen and oxygen atoms in total. The molecule has 112 valence electrons. The molecule has 0 saturated heterocycles. The van der Waals surface area contributed by atoms with Crippen LogP contribution < -0.4 is 4.72 Å². The Bertz CT molecular complexity index is 764. The lowest BCUT2D eigenvalue weighted by atomic mass is 10.2. The predicted octanol–water partition coefficient (Wildman–Crippen LogP) is 3.02. The van der Waals surface area contributed by atoms with Crippen LogP contribution in [-0.2, 0) is 16.6 Å². The van der Waals surface area contributed by atoms with Crippen molar-refractivity contribution in [3.05, 3.63) is 58.1 Å². The van der Waals surface area contributed by atoms with Gasteiger partial charge in [0.25, 0.3) is 10.0 Å². The summed E-state index contributed by atoms with van der Waals surface area (Å²) in [5, 5.41) is 9.04. The molecule has 2 aromatic rings. The third-order valence-corrected chi connectivity index (χ3v) is 4.47. The zero-order chi connectivity index (χ0) is 15.6. The fourth-order valence-electron chi connectivity index (χ4n) is 1.66. The van der Waals surface area contributed by atoms with Crippen LogP contribution in [0.15, 0.2) is 45.8 Å². The second-order valence-corrected chi connectivity index (χ2v) is 6.71. The van der Waals surface area contributed by atoms with Gasteiger partial charge in [-0.05, 0) is 36.4 Å². The van der Waals surface area contributed by atoms with Gasteiger partial charge >= 0.3 is 0 Å². The fraction of sp³-hybridized carbons (Fsp3) is 0.0769. The Labute approximate surface area is 128 Å². The minimum Gasteiger partial charge on any atom is -0.392 e. The highest BCUT2D eigenvalue weighted by Gasteiger charge is 2.22. The summed E-state index contributed by atoms with van der Waals surface area (Å²) < 4.78 is 53.7. The summed E-state index contributed by atoms with van der Waals surface area (Å²) in [5.74, 6) is -1.55. The lowest BCUT2D eigenvalue weighted by molar-refractivity contribution is 0.274. The van der Waals surface area contributed by atoms with Crippen molar-refractivity contribution in [2.45, 2.75) is 11.5 Å². The van der Waals surface area contributed by atoms with E-state index in [-0.39, 0.29) is 11.3 Å². The molecule has 0 bridgehead atoms. The predicted molar refractivity (Wildman–Crippen MR) is 77.2 cm³/mol. The van der Waals surface area contributed by atoms with Crippen molar-refractivity contribution >= 4 is 31.6 Å². The van der Waals surface area contributed by atoms with E-state index in [0.29, 0.717) is 4.47 Å². The summed E-state index contributed by atoms with van der Waals surface area (Å²) in [6, 6.07) is 6.96. The molecule has 21 heavy (non-hydrogen) atoms. The van der Waals surface area contributed by atoms with Crippen LogP contribution in [0, 0.1) is 11.6 Å². The zero-order valence-corrected chi connectivity index (χ0v) is 12.9. The lowest BCUT2D eigenvalue weighted by Gasteiger charge is -2.11. The Morgan fingerprint density at radius 1 is 1.14 bits per heavy atom. The van der Waals surface area contributed by atoms with Crippen LogP contribution in [0.4, 0.5) is 14.5 Å². The van der Waals surface area contributed by atoms with Crippen molar-refractivity contribution in [1.29, 1.82) is 0 Å². The monoisotopic (exact) mass is 377 g/mol. The van der Waals surface area contributed by atoms with Gasteiger partial charge in [-0.25, -0.2) is 17.2 Å². The van der Waals surface area contributed by atoms with Gasteiger partial charge in [0.05, 0.1) is 6.61 Å². The summed E-state index contributed by atoms with van der Waals surface area (Å²) >= 11 is 3.06. The van der Waals surface area contributed by atoms with Crippen LogP contribution in [0.3, 0.4) is 0 Å². The van der Waals surface area contributed by atoms with E-state index < -0.39 is 33.2 Å². The minimum atomic E-state index is -4.20. The summed E-state index contributed by atoms with van der Waals surface area (Å²) in [4.78, 5) is -0.606. The van der Waals surface area contributed by atoms with Gasteiger partial charge in [0.1, 0.15) is 16.5 Å². The first-order valence-corrected chi connectivity index (χ1v) is 7.98. The van der Waals surface area contributed by atoms with E-state index in [1.165, 1.54) is 18.2 Å². The molecule has 0 spiro atoms. The second kappa shape index (κ2) is 6.08. The van der Waals surface area contributed by atoms with Crippen LogP contribution in [-0.4, -0.2) is 13.5 Å². The highest BCUT2D eigenvalue weighted by atomic mass is 79.9. The quantitative estimate of drug-likeness (QED) is 0.860. The molecule has 0 fully saturated rings. The molecule has 0 heterocycles. The van der Waals surface area contributed by atoms with Crippen molar-refractivity contribution in [2.24, 2.45) is 0 Å². The molecule has 8 heteroatoms. The number of nitrogens with one attached hydrogen (secondary N) is 1. The Kier molecular flexibility index (Phi) is 4.60. The van der Waals surface area contributed by atoms with Crippen molar-refractivity contribution in [1.82, 2.24) is 0 Å². The normalized spacial score (nSPS) is 11.4. The smallest absolute Gasteiger partial charge is 0.264 e. The van der Waals surface area contributed by atoms with E-state index in [4.69, 9.17) is 5.11 Å². The number of anilines is 1. The summed E-state index contributed by atoms with van der Waals surface area (Å²) in [6.07, 6.45) is 0. The average molecular weight is 378 g/mol. The molecule has 0 radical (unpaired) electrons. The molecule has 0 saturated carbocycles. The number of benzene rings is 2. The SMILES string of the molecule is O=S(=O)(Nc1ccc(F)cc1)c1cc(Br)cc(CO)c1F. The van der Waals surface area contributed by atoms with Crippen LogP contribution in [0.25, 0.3) is 0 Å². The number of aliphatic hydroxyl groups is 1. The largest absolute Gasteiger partial charge is 0.392 e. The third kappa shape index (κ3) is 3.58. The molecule has 2 aromatic carbocycles. The standard InChI is InChI=1S/C13H10BrF2NO3S/c14-9-5-8(7-18)13(16)12(6-9)21(19,20)17-11-3-1-10(15)2-4-11/h1-6,17-18H,7H2. The molecule has 0 unspecified atom stereocenters. The molecule has 0 amide bonds. The number of rotatable bonds is 4. The third-order valence-electron chi connectivity index (χ3n) is 2.64. The zero-order valence-electron chi connectivity index (χ0n) is 10.5. The second-order valence-electron chi connectivity index (χ2n) is 4.15. The van der Waals surface area contributed by atoms with Crippen LogP contribution >= 0.6 is 15.9 Å². The van der Waals surface area contributed by atoms with Gasteiger partial charge in [0, 0.05) is 15.7 Å². The summed E-state index contributed by atoms with van der Waals surface area (Å²) in [6.45, 7) is -0.635. The minimum absolute atomic E-state index is 0.0984. The van der Waals surface area contributed by atoms with Gasteiger partial charge in [0.15, 0.2) is 0 Å². The topological polar surface area (TPSA) is 66.4 Å². The highest BCUT2D eigenvalue weighted by Crippen LogP contribution is 2.26. The number of hydrogen-bond donors (Lipinski definition) is 2. The Balaban J connectivity index is 2.44. The first-order chi connectivity index (χ1) is 9.83. The van der Waals surface area contributed by atoms with Gasteiger partial charge in [-0.2, -0.15) is 0 Å². The number of hydrogen-bond acceptors (Lipinski definition) is 3. The average Bonchev–Trinajstić information content (AvgIpc) is 2.43. The number of aliphatic hydroxyl groups excluding tert-OH is 1. The van der Waals surface area contributed by atoms with Crippen LogP contribution in [0.1, 0.15) is 5.56 Å². The summed E-state index contributed by atoms with van der Waals surface area (Å²) in [5.41, 5.74) is -0.0508. The maximum absolute atomic E-state index is 14.1. The van der Waals surface area contributed by atoms with Gasteiger partial charge in [-0.1, -0.05) is 15.9 Å². The number of halogens is 3. The molecule has 0 aliphatic carbocycles. The van der Waals surface area contributed by atoms with Crippen LogP contribution in [0.5, 0.6) is 0 Å². The maximum Gasteiger partial charge on any atom is 0.264 e. The molecular weight excluding hydrogens is 368 g/mol. The van der Waals surface area contributed by atoms with E-state index in [0.717, 1.165) is 18.2 Å². The molecule has 0 aliphatic rings. The summed E-state index contributed by atoms with van der Waals surface area (Å²) in [7, 11) is -4.20. The first-order valence-electron chi connectivity index (χ1n) is 5.70. The molecular formula is C13H10BrF2NO3S. The highest BCUT2D eigenvalue weighted by molar-refractivity contribution is 9.10. The molecule has 2 rings (SSSR count). The van der Waals surface area contributed by atoms with E-state index in [2.05, 4.69) is 20.7 Å². The van der Waals surface area contributed by atoms with Gasteiger partial charge in [-0.15, -0.1) is 0 Å².